The van der Waals surface area contributed by atoms with E-state index in [0.717, 1.165) is 23.0 Å². The number of anilines is 1. The van der Waals surface area contributed by atoms with Gasteiger partial charge in [0.05, 0.1) is 17.8 Å². The van der Waals surface area contributed by atoms with E-state index in [-0.39, 0.29) is 17.7 Å². The Morgan fingerprint density at radius 3 is 2.50 bits per heavy atom. The number of hydrogen-bond donors (Lipinski definition) is 1. The first-order valence-electron chi connectivity index (χ1n) is 9.21. The van der Waals surface area contributed by atoms with Crippen molar-refractivity contribution < 1.29 is 22.4 Å². The van der Waals surface area contributed by atoms with Crippen LogP contribution >= 0.6 is 0 Å². The van der Waals surface area contributed by atoms with Gasteiger partial charge in [-0.3, -0.25) is 14.2 Å². The quantitative estimate of drug-likeness (QED) is 0.476. The summed E-state index contributed by atoms with van der Waals surface area (Å²) in [6.45, 7) is -0.388. The molecular weight excluding hydrogens is 432 g/mol. The van der Waals surface area contributed by atoms with Crippen molar-refractivity contribution >= 4 is 22.8 Å². The number of rotatable bonds is 5. The Bertz CT molecular complexity index is 1340. The van der Waals surface area contributed by atoms with Gasteiger partial charge in [0.25, 0.3) is 5.56 Å². The van der Waals surface area contributed by atoms with Crippen molar-refractivity contribution in [2.45, 2.75) is 19.3 Å². The average Bonchev–Trinajstić information content (AvgIpc) is 3.15. The standard InChI is InChI=1S/C20H14F4N6O2/c21-13-7-5-12(6-8-13)9-30-18-17(27-28-30)19(32)29(11-25-18)10-16(31)26-15-4-2-1-3-14(15)20(22,23)24/h1-8,11H,9-10H2,(H,26,31). The van der Waals surface area contributed by atoms with Gasteiger partial charge in [0.2, 0.25) is 5.91 Å². The van der Waals surface area contributed by atoms with Crippen LogP contribution in [0.2, 0.25) is 0 Å². The summed E-state index contributed by atoms with van der Waals surface area (Å²) in [5.74, 6) is -1.24. The molecule has 4 aromatic rings. The normalized spacial score (nSPS) is 11.6. The van der Waals surface area contributed by atoms with Crippen molar-refractivity contribution in [2.24, 2.45) is 0 Å². The van der Waals surface area contributed by atoms with E-state index in [1.807, 2.05) is 0 Å². The number of nitrogens with one attached hydrogen (secondary N) is 1. The lowest BCUT2D eigenvalue weighted by Crippen LogP contribution is -2.28. The second-order valence-corrected chi connectivity index (χ2v) is 6.81. The molecule has 0 radical (unpaired) electrons. The molecule has 2 aromatic carbocycles. The molecule has 8 nitrogen and oxygen atoms in total. The van der Waals surface area contributed by atoms with Crippen molar-refractivity contribution in [3.63, 3.8) is 0 Å². The number of aromatic nitrogens is 5. The minimum Gasteiger partial charge on any atom is -0.324 e. The van der Waals surface area contributed by atoms with Gasteiger partial charge in [0.15, 0.2) is 11.2 Å². The molecule has 0 fully saturated rings. The Labute approximate surface area is 177 Å². The van der Waals surface area contributed by atoms with Crippen LogP contribution in [-0.4, -0.2) is 30.5 Å². The summed E-state index contributed by atoms with van der Waals surface area (Å²) in [4.78, 5) is 29.0. The summed E-state index contributed by atoms with van der Waals surface area (Å²) in [5.41, 5.74) is -1.36. The first-order chi connectivity index (χ1) is 15.2. The van der Waals surface area contributed by atoms with Gasteiger partial charge in [-0.15, -0.1) is 5.10 Å². The fourth-order valence-corrected chi connectivity index (χ4v) is 3.05. The zero-order chi connectivity index (χ0) is 22.9. The molecule has 0 unspecified atom stereocenters. The Balaban J connectivity index is 1.55. The number of carbonyl (C=O) groups is 1. The summed E-state index contributed by atoms with van der Waals surface area (Å²) >= 11 is 0. The second-order valence-electron chi connectivity index (χ2n) is 6.81. The van der Waals surface area contributed by atoms with Gasteiger partial charge in [0.1, 0.15) is 18.7 Å². The van der Waals surface area contributed by atoms with Crippen LogP contribution in [0.1, 0.15) is 11.1 Å². The molecule has 2 aromatic heterocycles. The summed E-state index contributed by atoms with van der Waals surface area (Å²) < 4.78 is 54.6. The van der Waals surface area contributed by atoms with E-state index in [9.17, 15) is 27.2 Å². The maximum absolute atomic E-state index is 13.1. The van der Waals surface area contributed by atoms with Crippen molar-refractivity contribution in [1.82, 2.24) is 24.5 Å². The molecule has 0 atom stereocenters. The summed E-state index contributed by atoms with van der Waals surface area (Å²) in [7, 11) is 0. The molecule has 32 heavy (non-hydrogen) atoms. The Kier molecular flexibility index (Phi) is 5.43. The van der Waals surface area contributed by atoms with E-state index in [4.69, 9.17) is 0 Å². The molecule has 1 amide bonds. The number of fused-ring (bicyclic) bond motifs is 1. The van der Waals surface area contributed by atoms with Gasteiger partial charge < -0.3 is 5.32 Å². The highest BCUT2D eigenvalue weighted by Crippen LogP contribution is 2.34. The molecule has 1 N–H and O–H groups in total. The van der Waals surface area contributed by atoms with E-state index in [2.05, 4.69) is 20.6 Å². The third kappa shape index (κ3) is 4.33. The SMILES string of the molecule is O=C(Cn1cnc2c(nnn2Cc2ccc(F)cc2)c1=O)Nc1ccccc1C(F)(F)F. The molecular formula is C20H14F4N6O2. The highest BCUT2D eigenvalue weighted by Gasteiger charge is 2.33. The maximum atomic E-state index is 13.1. The molecule has 0 aliphatic rings. The average molecular weight is 446 g/mol. The van der Waals surface area contributed by atoms with Crippen LogP contribution < -0.4 is 10.9 Å². The Morgan fingerprint density at radius 2 is 1.78 bits per heavy atom. The van der Waals surface area contributed by atoms with Crippen molar-refractivity contribution in [3.05, 3.63) is 82.2 Å². The fourth-order valence-electron chi connectivity index (χ4n) is 3.05. The summed E-state index contributed by atoms with van der Waals surface area (Å²) in [6, 6.07) is 10.2. The van der Waals surface area contributed by atoms with Gasteiger partial charge in [0, 0.05) is 0 Å². The zero-order valence-electron chi connectivity index (χ0n) is 16.2. The molecule has 0 aliphatic carbocycles. The number of amides is 1. The second kappa shape index (κ2) is 8.21. The number of halogens is 4. The molecule has 0 aliphatic heterocycles. The smallest absolute Gasteiger partial charge is 0.324 e. The summed E-state index contributed by atoms with van der Waals surface area (Å²) in [5, 5.41) is 9.83. The van der Waals surface area contributed by atoms with E-state index in [0.29, 0.717) is 5.56 Å². The fraction of sp³-hybridized carbons (Fsp3) is 0.150. The lowest BCUT2D eigenvalue weighted by Gasteiger charge is -2.13. The topological polar surface area (TPSA) is 94.7 Å². The van der Waals surface area contributed by atoms with E-state index in [1.54, 1.807) is 12.1 Å². The van der Waals surface area contributed by atoms with Crippen LogP contribution in [0.15, 0.2) is 59.7 Å². The summed E-state index contributed by atoms with van der Waals surface area (Å²) in [6.07, 6.45) is -3.56. The van der Waals surface area contributed by atoms with Crippen LogP contribution in [0.25, 0.3) is 11.2 Å². The predicted molar refractivity (Wildman–Crippen MR) is 105 cm³/mol. The van der Waals surface area contributed by atoms with Crippen LogP contribution in [0, 0.1) is 5.82 Å². The van der Waals surface area contributed by atoms with Crippen LogP contribution in [-0.2, 0) is 24.1 Å². The molecule has 0 saturated heterocycles. The Morgan fingerprint density at radius 1 is 1.06 bits per heavy atom. The first kappa shape index (κ1) is 21.2. The number of nitrogens with zero attached hydrogens (tertiary/aromatic N) is 5. The predicted octanol–water partition coefficient (Wildman–Crippen LogP) is 2.83. The molecule has 164 valence electrons. The van der Waals surface area contributed by atoms with E-state index < -0.39 is 41.3 Å². The molecule has 4 rings (SSSR count). The zero-order valence-corrected chi connectivity index (χ0v) is 16.2. The van der Waals surface area contributed by atoms with E-state index >= 15 is 0 Å². The molecule has 0 spiro atoms. The molecule has 12 heteroatoms. The number of carbonyl (C=O) groups excluding carboxylic acids is 1. The molecule has 0 bridgehead atoms. The highest BCUT2D eigenvalue weighted by molar-refractivity contribution is 5.91. The van der Waals surface area contributed by atoms with Gasteiger partial charge >= 0.3 is 6.18 Å². The number of benzene rings is 2. The number of alkyl halides is 3. The molecule has 2 heterocycles. The van der Waals surface area contributed by atoms with Crippen molar-refractivity contribution in [2.75, 3.05) is 5.32 Å². The van der Waals surface area contributed by atoms with Crippen molar-refractivity contribution in [1.29, 1.82) is 0 Å². The van der Waals surface area contributed by atoms with Crippen LogP contribution in [0.4, 0.5) is 23.2 Å². The Hall–Kier alpha value is -4.09. The monoisotopic (exact) mass is 446 g/mol. The third-order valence-corrected chi connectivity index (χ3v) is 4.56. The lowest BCUT2D eigenvalue weighted by molar-refractivity contribution is -0.137. The van der Waals surface area contributed by atoms with Gasteiger partial charge in [-0.05, 0) is 29.8 Å². The maximum Gasteiger partial charge on any atom is 0.418 e. The lowest BCUT2D eigenvalue weighted by atomic mass is 10.1. The highest BCUT2D eigenvalue weighted by atomic mass is 19.4. The first-order valence-corrected chi connectivity index (χ1v) is 9.21. The van der Waals surface area contributed by atoms with Crippen LogP contribution in [0.5, 0.6) is 0 Å². The van der Waals surface area contributed by atoms with Gasteiger partial charge in [-0.1, -0.05) is 29.5 Å². The number of hydrogen-bond acceptors (Lipinski definition) is 5. The van der Waals surface area contributed by atoms with E-state index in [1.165, 1.54) is 28.9 Å². The minimum absolute atomic E-state index is 0.113. The van der Waals surface area contributed by atoms with Gasteiger partial charge in [-0.2, -0.15) is 13.2 Å². The van der Waals surface area contributed by atoms with Crippen molar-refractivity contribution in [3.8, 4) is 0 Å². The minimum atomic E-state index is -4.65. The third-order valence-electron chi connectivity index (χ3n) is 4.56. The largest absolute Gasteiger partial charge is 0.418 e. The van der Waals surface area contributed by atoms with Crippen LogP contribution in [0.3, 0.4) is 0 Å². The molecule has 0 saturated carbocycles. The van der Waals surface area contributed by atoms with Gasteiger partial charge in [-0.25, -0.2) is 14.1 Å². The number of para-hydroxylation sites is 1.